The Morgan fingerprint density at radius 1 is 1.35 bits per heavy atom. The van der Waals surface area contributed by atoms with E-state index in [9.17, 15) is 4.39 Å². The van der Waals surface area contributed by atoms with E-state index in [1.807, 2.05) is 20.8 Å². The quantitative estimate of drug-likeness (QED) is 0.929. The minimum atomic E-state index is -0.413. The third-order valence-corrected chi connectivity index (χ3v) is 2.66. The molecular weight excluding hydrogens is 261 g/mol. The lowest BCUT2D eigenvalue weighted by Gasteiger charge is -2.15. The van der Waals surface area contributed by atoms with Crippen LogP contribution in [0.3, 0.4) is 0 Å². The molecule has 7 heteroatoms. The van der Waals surface area contributed by atoms with Gasteiger partial charge in [0.2, 0.25) is 0 Å². The third-order valence-electron chi connectivity index (χ3n) is 2.66. The van der Waals surface area contributed by atoms with Crippen molar-refractivity contribution in [2.45, 2.75) is 32.9 Å². The van der Waals surface area contributed by atoms with Gasteiger partial charge in [-0.15, -0.1) is 10.2 Å². The fraction of sp³-hybridized carbons (Fsp3) is 0.462. The molecule has 108 valence electrons. The monoisotopic (exact) mass is 279 g/mol. The average molecular weight is 279 g/mol. The number of tetrazole rings is 1. The van der Waals surface area contributed by atoms with E-state index >= 15 is 0 Å². The number of anilines is 1. The number of para-hydroxylation sites is 1. The fourth-order valence-electron chi connectivity index (χ4n) is 1.63. The van der Waals surface area contributed by atoms with Crippen molar-refractivity contribution in [3.05, 3.63) is 29.8 Å². The first kappa shape index (κ1) is 14.2. The van der Waals surface area contributed by atoms with Crippen LogP contribution >= 0.6 is 0 Å². The van der Waals surface area contributed by atoms with Crippen LogP contribution in [0.2, 0.25) is 0 Å². The van der Waals surface area contributed by atoms with E-state index in [2.05, 4.69) is 20.7 Å². The minimum absolute atomic E-state index is 0.177. The van der Waals surface area contributed by atoms with Crippen molar-refractivity contribution in [2.24, 2.45) is 0 Å². The molecule has 0 aliphatic carbocycles. The maximum atomic E-state index is 13.5. The maximum absolute atomic E-state index is 13.5. The number of methoxy groups -OCH3 is 1. The maximum Gasteiger partial charge on any atom is 0.193 e. The van der Waals surface area contributed by atoms with Gasteiger partial charge in [-0.05, 0) is 38.1 Å². The van der Waals surface area contributed by atoms with Crippen molar-refractivity contribution in [1.82, 2.24) is 20.2 Å². The molecule has 1 aromatic heterocycles. The van der Waals surface area contributed by atoms with Gasteiger partial charge in [0.15, 0.2) is 17.4 Å². The van der Waals surface area contributed by atoms with Crippen LogP contribution in [0.5, 0.6) is 5.75 Å². The van der Waals surface area contributed by atoms with Crippen LogP contribution in [0.15, 0.2) is 18.2 Å². The summed E-state index contributed by atoms with van der Waals surface area (Å²) in [6, 6.07) is 4.69. The first-order valence-corrected chi connectivity index (χ1v) is 6.27. The second-order valence-corrected chi connectivity index (χ2v) is 5.34. The molecule has 1 N–H and O–H groups in total. The van der Waals surface area contributed by atoms with Gasteiger partial charge in [-0.2, -0.15) is 4.80 Å². The van der Waals surface area contributed by atoms with Crippen LogP contribution in [-0.2, 0) is 12.1 Å². The summed E-state index contributed by atoms with van der Waals surface area (Å²) >= 11 is 0. The summed E-state index contributed by atoms with van der Waals surface area (Å²) in [4.78, 5) is 1.55. The second kappa shape index (κ2) is 5.44. The Morgan fingerprint density at radius 2 is 2.10 bits per heavy atom. The zero-order valence-corrected chi connectivity index (χ0v) is 12.0. The number of rotatable bonds is 4. The van der Waals surface area contributed by atoms with Gasteiger partial charge in [-0.3, -0.25) is 0 Å². The molecule has 1 aromatic carbocycles. The summed E-state index contributed by atoms with van der Waals surface area (Å²) in [5.41, 5.74) is 0.335. The Kier molecular flexibility index (Phi) is 3.87. The van der Waals surface area contributed by atoms with E-state index in [0.29, 0.717) is 18.1 Å². The number of nitrogens with one attached hydrogen (secondary N) is 1. The Bertz CT molecular complexity index is 591. The van der Waals surface area contributed by atoms with Gasteiger partial charge in [0.05, 0.1) is 24.9 Å². The van der Waals surface area contributed by atoms with Gasteiger partial charge in [-0.25, -0.2) is 4.39 Å². The van der Waals surface area contributed by atoms with E-state index in [1.54, 1.807) is 16.9 Å². The van der Waals surface area contributed by atoms with Crippen LogP contribution < -0.4 is 10.1 Å². The standard InChI is InChI=1S/C13H18FN5O/c1-13(2,3)19-17-11(16-18-19)8-15-10-7-5-6-9(14)12(10)20-4/h5-7,15H,8H2,1-4H3. The fourth-order valence-corrected chi connectivity index (χ4v) is 1.63. The summed E-state index contributed by atoms with van der Waals surface area (Å²) in [7, 11) is 1.43. The molecule has 0 radical (unpaired) electrons. The van der Waals surface area contributed by atoms with Gasteiger partial charge < -0.3 is 10.1 Å². The Labute approximate surface area is 116 Å². The van der Waals surface area contributed by atoms with Gasteiger partial charge in [0.25, 0.3) is 0 Å². The van der Waals surface area contributed by atoms with E-state index in [0.717, 1.165) is 0 Å². The number of benzene rings is 1. The number of ether oxygens (including phenoxy) is 1. The van der Waals surface area contributed by atoms with Crippen molar-refractivity contribution in [3.8, 4) is 5.75 Å². The number of nitrogens with zero attached hydrogens (tertiary/aromatic N) is 4. The molecule has 0 aliphatic rings. The van der Waals surface area contributed by atoms with Crippen molar-refractivity contribution in [1.29, 1.82) is 0 Å². The van der Waals surface area contributed by atoms with Gasteiger partial charge in [-0.1, -0.05) is 6.07 Å². The van der Waals surface area contributed by atoms with Gasteiger partial charge in [0, 0.05) is 0 Å². The van der Waals surface area contributed by atoms with E-state index in [-0.39, 0.29) is 11.3 Å². The smallest absolute Gasteiger partial charge is 0.193 e. The van der Waals surface area contributed by atoms with Crippen LogP contribution in [0.1, 0.15) is 26.6 Å². The second-order valence-electron chi connectivity index (χ2n) is 5.34. The number of aromatic nitrogens is 4. The molecule has 0 saturated carbocycles. The molecule has 0 bridgehead atoms. The molecule has 0 saturated heterocycles. The Hall–Kier alpha value is -2.18. The lowest BCUT2D eigenvalue weighted by molar-refractivity contribution is 0.305. The lowest BCUT2D eigenvalue weighted by Crippen LogP contribution is -2.24. The van der Waals surface area contributed by atoms with Crippen molar-refractivity contribution >= 4 is 5.69 Å². The summed E-state index contributed by atoms with van der Waals surface area (Å²) in [5.74, 6) is 0.297. The van der Waals surface area contributed by atoms with Crippen LogP contribution in [0.25, 0.3) is 0 Å². The number of halogens is 1. The number of hydrogen-bond donors (Lipinski definition) is 1. The van der Waals surface area contributed by atoms with Gasteiger partial charge >= 0.3 is 0 Å². The predicted molar refractivity (Wildman–Crippen MR) is 73.1 cm³/mol. The molecule has 0 aliphatic heterocycles. The van der Waals surface area contributed by atoms with E-state index < -0.39 is 5.82 Å². The summed E-state index contributed by atoms with van der Waals surface area (Å²) in [5, 5.41) is 15.3. The zero-order valence-electron chi connectivity index (χ0n) is 12.0. The first-order valence-electron chi connectivity index (χ1n) is 6.27. The molecule has 1 heterocycles. The molecule has 2 aromatic rings. The van der Waals surface area contributed by atoms with Crippen LogP contribution in [0, 0.1) is 5.82 Å². The molecular formula is C13H18FN5O. The molecule has 0 spiro atoms. The molecule has 6 nitrogen and oxygen atoms in total. The van der Waals surface area contributed by atoms with Gasteiger partial charge in [0.1, 0.15) is 0 Å². The van der Waals surface area contributed by atoms with Crippen molar-refractivity contribution < 1.29 is 9.13 Å². The first-order chi connectivity index (χ1) is 9.41. The van der Waals surface area contributed by atoms with Crippen LogP contribution in [0.4, 0.5) is 10.1 Å². The minimum Gasteiger partial charge on any atom is -0.492 e. The molecule has 2 rings (SSSR count). The molecule has 0 fully saturated rings. The summed E-state index contributed by atoms with van der Waals surface area (Å²) in [6.45, 7) is 6.31. The highest BCUT2D eigenvalue weighted by Gasteiger charge is 2.17. The largest absolute Gasteiger partial charge is 0.492 e. The highest BCUT2D eigenvalue weighted by molar-refractivity contribution is 5.56. The Morgan fingerprint density at radius 3 is 2.70 bits per heavy atom. The molecule has 0 unspecified atom stereocenters. The Balaban J connectivity index is 2.10. The molecule has 0 amide bonds. The molecule has 20 heavy (non-hydrogen) atoms. The summed E-state index contributed by atoms with van der Waals surface area (Å²) < 4.78 is 18.5. The predicted octanol–water partition coefficient (Wildman–Crippen LogP) is 2.19. The lowest BCUT2D eigenvalue weighted by atomic mass is 10.1. The highest BCUT2D eigenvalue weighted by atomic mass is 19.1. The zero-order chi connectivity index (χ0) is 14.8. The molecule has 0 atom stereocenters. The van der Waals surface area contributed by atoms with E-state index in [4.69, 9.17) is 4.74 Å². The SMILES string of the molecule is COc1c(F)cccc1NCc1nnn(C(C)(C)C)n1. The van der Waals surface area contributed by atoms with E-state index in [1.165, 1.54) is 13.2 Å². The highest BCUT2D eigenvalue weighted by Crippen LogP contribution is 2.27. The summed E-state index contributed by atoms with van der Waals surface area (Å²) in [6.07, 6.45) is 0. The normalized spacial score (nSPS) is 11.4. The van der Waals surface area contributed by atoms with Crippen LogP contribution in [-0.4, -0.2) is 27.3 Å². The van der Waals surface area contributed by atoms with Crippen molar-refractivity contribution in [2.75, 3.05) is 12.4 Å². The van der Waals surface area contributed by atoms with Crippen molar-refractivity contribution in [3.63, 3.8) is 0 Å². The topological polar surface area (TPSA) is 64.9 Å². The average Bonchev–Trinajstić information content (AvgIpc) is 2.85. The third kappa shape index (κ3) is 3.04. The number of hydrogen-bond acceptors (Lipinski definition) is 5.